The molecule has 6 nitrogen and oxygen atoms in total. The van der Waals surface area contributed by atoms with E-state index < -0.39 is 23.7 Å². The van der Waals surface area contributed by atoms with Crippen LogP contribution in [0, 0.1) is 11.8 Å². The van der Waals surface area contributed by atoms with E-state index in [4.69, 9.17) is 14.2 Å². The number of fused-ring (bicyclic) bond motifs is 2. The highest BCUT2D eigenvalue weighted by Crippen LogP contribution is 2.55. The summed E-state index contributed by atoms with van der Waals surface area (Å²) in [5, 5.41) is 0. The first kappa shape index (κ1) is 11.4. The van der Waals surface area contributed by atoms with Crippen LogP contribution in [-0.2, 0) is 23.8 Å². The van der Waals surface area contributed by atoms with Gasteiger partial charge in [-0.3, -0.25) is 9.59 Å². The highest BCUT2D eigenvalue weighted by atomic mass is 16.6. The standard InChI is InChI=1S/C13H15NO5/c1-17-11(16)8-7-3-4-13(19-7)9(8)10(15)14-5-2-6-18-12(13)14/h3-4,7-9,12H,2,5-6H2,1H3. The summed E-state index contributed by atoms with van der Waals surface area (Å²) in [4.78, 5) is 26.2. The number of esters is 1. The summed E-state index contributed by atoms with van der Waals surface area (Å²) in [7, 11) is 1.34. The molecule has 0 aromatic heterocycles. The van der Waals surface area contributed by atoms with E-state index in [1.807, 2.05) is 12.2 Å². The number of methoxy groups -OCH3 is 1. The quantitative estimate of drug-likeness (QED) is 0.480. The second kappa shape index (κ2) is 3.58. The lowest BCUT2D eigenvalue weighted by Gasteiger charge is -2.36. The second-order valence-corrected chi connectivity index (χ2v) is 5.43. The predicted octanol–water partition coefficient (Wildman–Crippen LogP) is -0.312. The monoisotopic (exact) mass is 265 g/mol. The number of rotatable bonds is 1. The van der Waals surface area contributed by atoms with Gasteiger partial charge in [-0.1, -0.05) is 6.08 Å². The fourth-order valence-electron chi connectivity index (χ4n) is 3.86. The molecule has 4 aliphatic heterocycles. The first-order valence-corrected chi connectivity index (χ1v) is 6.56. The summed E-state index contributed by atoms with van der Waals surface area (Å²) in [5.74, 6) is -1.48. The van der Waals surface area contributed by atoms with Crippen molar-refractivity contribution in [3.05, 3.63) is 12.2 Å². The molecule has 3 fully saturated rings. The summed E-state index contributed by atoms with van der Waals surface area (Å²) in [6.45, 7) is 1.28. The third-order valence-corrected chi connectivity index (χ3v) is 4.60. The van der Waals surface area contributed by atoms with E-state index >= 15 is 0 Å². The summed E-state index contributed by atoms with van der Waals surface area (Å²) < 4.78 is 16.5. The van der Waals surface area contributed by atoms with E-state index in [1.165, 1.54) is 7.11 Å². The molecule has 4 aliphatic rings. The lowest BCUT2D eigenvalue weighted by Crippen LogP contribution is -2.49. The third kappa shape index (κ3) is 1.19. The molecule has 5 atom stereocenters. The Hall–Kier alpha value is -1.40. The average Bonchev–Trinajstić information content (AvgIpc) is 3.08. The maximum atomic E-state index is 12.6. The molecule has 0 N–H and O–H groups in total. The van der Waals surface area contributed by atoms with Crippen LogP contribution in [0.3, 0.4) is 0 Å². The van der Waals surface area contributed by atoms with Gasteiger partial charge < -0.3 is 19.1 Å². The Kier molecular flexibility index (Phi) is 2.15. The van der Waals surface area contributed by atoms with E-state index in [9.17, 15) is 9.59 Å². The van der Waals surface area contributed by atoms with Crippen molar-refractivity contribution in [1.82, 2.24) is 4.90 Å². The van der Waals surface area contributed by atoms with Crippen molar-refractivity contribution >= 4 is 11.9 Å². The maximum Gasteiger partial charge on any atom is 0.312 e. The largest absolute Gasteiger partial charge is 0.469 e. The maximum absolute atomic E-state index is 12.6. The van der Waals surface area contributed by atoms with Gasteiger partial charge in [-0.15, -0.1) is 0 Å². The number of carbonyl (C=O) groups is 2. The lowest BCUT2D eigenvalue weighted by atomic mass is 9.76. The molecule has 0 aliphatic carbocycles. The van der Waals surface area contributed by atoms with Crippen molar-refractivity contribution < 1.29 is 23.8 Å². The molecule has 102 valence electrons. The van der Waals surface area contributed by atoms with Gasteiger partial charge in [0.1, 0.15) is 11.5 Å². The number of nitrogens with zero attached hydrogens (tertiary/aromatic N) is 1. The Bertz CT molecular complexity index is 489. The van der Waals surface area contributed by atoms with Gasteiger partial charge in [0.15, 0.2) is 6.23 Å². The molecule has 4 heterocycles. The van der Waals surface area contributed by atoms with Crippen molar-refractivity contribution in [1.29, 1.82) is 0 Å². The molecular formula is C13H15NO5. The molecule has 2 bridgehead atoms. The molecule has 0 aromatic rings. The Labute approximate surface area is 110 Å². The van der Waals surface area contributed by atoms with Crippen LogP contribution in [0.15, 0.2) is 12.2 Å². The van der Waals surface area contributed by atoms with E-state index in [2.05, 4.69) is 0 Å². The van der Waals surface area contributed by atoms with Crippen molar-refractivity contribution in [3.63, 3.8) is 0 Å². The van der Waals surface area contributed by atoms with Crippen LogP contribution >= 0.6 is 0 Å². The van der Waals surface area contributed by atoms with Gasteiger partial charge in [0.25, 0.3) is 0 Å². The highest BCUT2D eigenvalue weighted by molar-refractivity contribution is 5.91. The third-order valence-electron chi connectivity index (χ3n) is 4.60. The first-order valence-electron chi connectivity index (χ1n) is 6.56. The van der Waals surface area contributed by atoms with Crippen LogP contribution in [-0.4, -0.2) is 55.0 Å². The minimum atomic E-state index is -0.791. The molecule has 1 amide bonds. The molecule has 0 radical (unpaired) electrons. The molecule has 5 unspecified atom stereocenters. The number of hydrogen-bond acceptors (Lipinski definition) is 5. The first-order chi connectivity index (χ1) is 9.19. The van der Waals surface area contributed by atoms with E-state index in [-0.39, 0.29) is 18.0 Å². The van der Waals surface area contributed by atoms with E-state index in [0.717, 1.165) is 6.42 Å². The predicted molar refractivity (Wildman–Crippen MR) is 61.8 cm³/mol. The van der Waals surface area contributed by atoms with Gasteiger partial charge in [-0.2, -0.15) is 0 Å². The van der Waals surface area contributed by atoms with Crippen LogP contribution in [0.2, 0.25) is 0 Å². The van der Waals surface area contributed by atoms with Crippen LogP contribution in [0.5, 0.6) is 0 Å². The zero-order valence-electron chi connectivity index (χ0n) is 10.6. The Morgan fingerprint density at radius 1 is 1.58 bits per heavy atom. The smallest absolute Gasteiger partial charge is 0.312 e. The van der Waals surface area contributed by atoms with Gasteiger partial charge in [-0.05, 0) is 12.5 Å². The normalized spacial score (nSPS) is 46.4. The SMILES string of the molecule is COC(=O)C1C2C=CC3(O2)C1C(=O)N1CCCOC13. The van der Waals surface area contributed by atoms with Crippen molar-refractivity contribution in [2.45, 2.75) is 24.4 Å². The molecule has 4 rings (SSSR count). The minimum absolute atomic E-state index is 0.0491. The molecule has 19 heavy (non-hydrogen) atoms. The topological polar surface area (TPSA) is 65.1 Å². The number of amides is 1. The van der Waals surface area contributed by atoms with Crippen LogP contribution in [0.25, 0.3) is 0 Å². The van der Waals surface area contributed by atoms with E-state index in [1.54, 1.807) is 4.90 Å². The number of carbonyl (C=O) groups excluding carboxylic acids is 2. The average molecular weight is 265 g/mol. The summed E-state index contributed by atoms with van der Waals surface area (Å²) in [5.41, 5.74) is -0.791. The van der Waals surface area contributed by atoms with Gasteiger partial charge in [-0.25, -0.2) is 0 Å². The van der Waals surface area contributed by atoms with Crippen molar-refractivity contribution in [2.75, 3.05) is 20.3 Å². The van der Waals surface area contributed by atoms with Gasteiger partial charge in [0.05, 0.1) is 25.7 Å². The highest BCUT2D eigenvalue weighted by Gasteiger charge is 2.72. The van der Waals surface area contributed by atoms with Crippen molar-refractivity contribution in [3.8, 4) is 0 Å². The van der Waals surface area contributed by atoms with E-state index in [0.29, 0.717) is 13.2 Å². The van der Waals surface area contributed by atoms with Crippen LogP contribution in [0.4, 0.5) is 0 Å². The summed E-state index contributed by atoms with van der Waals surface area (Å²) in [6.07, 6.45) is 3.81. The molecule has 0 saturated carbocycles. The Morgan fingerprint density at radius 3 is 3.21 bits per heavy atom. The summed E-state index contributed by atoms with van der Waals surface area (Å²) in [6, 6.07) is 0. The fraction of sp³-hybridized carbons (Fsp3) is 0.692. The Morgan fingerprint density at radius 2 is 2.42 bits per heavy atom. The van der Waals surface area contributed by atoms with Gasteiger partial charge in [0.2, 0.25) is 5.91 Å². The molecule has 6 heteroatoms. The molecule has 3 saturated heterocycles. The molecule has 1 spiro atoms. The second-order valence-electron chi connectivity index (χ2n) is 5.43. The van der Waals surface area contributed by atoms with Crippen LogP contribution in [0.1, 0.15) is 6.42 Å². The van der Waals surface area contributed by atoms with Gasteiger partial charge in [0, 0.05) is 6.54 Å². The van der Waals surface area contributed by atoms with Crippen LogP contribution < -0.4 is 0 Å². The summed E-state index contributed by atoms with van der Waals surface area (Å²) >= 11 is 0. The fourth-order valence-corrected chi connectivity index (χ4v) is 3.86. The van der Waals surface area contributed by atoms with Gasteiger partial charge >= 0.3 is 5.97 Å². The number of hydrogen-bond donors (Lipinski definition) is 0. The number of ether oxygens (including phenoxy) is 3. The zero-order chi connectivity index (χ0) is 13.2. The zero-order valence-corrected chi connectivity index (χ0v) is 10.6. The molecular weight excluding hydrogens is 250 g/mol. The minimum Gasteiger partial charge on any atom is -0.469 e. The lowest BCUT2D eigenvalue weighted by molar-refractivity contribution is -0.168. The molecule has 0 aromatic carbocycles. The van der Waals surface area contributed by atoms with Crippen molar-refractivity contribution in [2.24, 2.45) is 11.8 Å². The Balaban J connectivity index is 1.79.